The minimum Gasteiger partial charge on any atom is -0.341 e. The first-order chi connectivity index (χ1) is 9.20. The summed E-state index contributed by atoms with van der Waals surface area (Å²) in [5.41, 5.74) is 4.17. The first-order valence-corrected chi connectivity index (χ1v) is 7.20. The van der Waals surface area contributed by atoms with E-state index in [1.807, 2.05) is 0 Å². The Kier molecular flexibility index (Phi) is 3.06. The van der Waals surface area contributed by atoms with Crippen molar-refractivity contribution in [1.82, 2.24) is 4.57 Å². The molecule has 0 spiro atoms. The fourth-order valence-electron chi connectivity index (χ4n) is 3.03. The molecule has 0 bridgehead atoms. The van der Waals surface area contributed by atoms with Crippen LogP contribution in [0.5, 0.6) is 0 Å². The molecule has 0 aliphatic heterocycles. The van der Waals surface area contributed by atoms with Gasteiger partial charge in [0.15, 0.2) is 0 Å². The molecule has 0 saturated heterocycles. The van der Waals surface area contributed by atoms with Crippen molar-refractivity contribution < 1.29 is 0 Å². The monoisotopic (exact) mass is 251 g/mol. The Labute approximate surface area is 114 Å². The number of nitrogens with zero attached hydrogens (tertiary/aromatic N) is 1. The molecule has 0 atom stereocenters. The van der Waals surface area contributed by atoms with Gasteiger partial charge >= 0.3 is 0 Å². The molecule has 3 rings (SSSR count). The van der Waals surface area contributed by atoms with E-state index in [0.717, 1.165) is 13.0 Å². The molecular weight excluding hydrogens is 230 g/mol. The predicted molar refractivity (Wildman–Crippen MR) is 83.7 cm³/mol. The van der Waals surface area contributed by atoms with E-state index in [9.17, 15) is 0 Å². The van der Waals surface area contributed by atoms with Gasteiger partial charge < -0.3 is 4.57 Å². The molecule has 0 aliphatic rings. The van der Waals surface area contributed by atoms with E-state index in [1.165, 1.54) is 27.4 Å². The standard InChI is InChI=1S/C18H21N/c1-4-19-17-8-6-5-7-15(17)16-10-9-14(11-13(2)3)12-18(16)19/h5-10,12-13H,4,11H2,1-3H3. The van der Waals surface area contributed by atoms with Gasteiger partial charge in [-0.1, -0.05) is 44.2 Å². The first kappa shape index (κ1) is 12.3. The molecule has 98 valence electrons. The van der Waals surface area contributed by atoms with Crippen LogP contribution in [0.3, 0.4) is 0 Å². The highest BCUT2D eigenvalue weighted by atomic mass is 15.0. The van der Waals surface area contributed by atoms with Gasteiger partial charge in [0.2, 0.25) is 0 Å². The van der Waals surface area contributed by atoms with Gasteiger partial charge in [-0.2, -0.15) is 0 Å². The van der Waals surface area contributed by atoms with Crippen molar-refractivity contribution in [3.63, 3.8) is 0 Å². The number of benzene rings is 2. The fourth-order valence-corrected chi connectivity index (χ4v) is 3.03. The summed E-state index contributed by atoms with van der Waals surface area (Å²) in [5, 5.41) is 2.75. The second kappa shape index (κ2) is 4.73. The number of aromatic nitrogens is 1. The zero-order valence-electron chi connectivity index (χ0n) is 12.0. The van der Waals surface area contributed by atoms with Crippen molar-refractivity contribution in [2.24, 2.45) is 5.92 Å². The van der Waals surface area contributed by atoms with Gasteiger partial charge in [-0.15, -0.1) is 0 Å². The topological polar surface area (TPSA) is 4.93 Å². The molecule has 3 aromatic rings. The van der Waals surface area contributed by atoms with E-state index in [1.54, 1.807) is 0 Å². The molecule has 2 aromatic carbocycles. The second-order valence-corrected chi connectivity index (χ2v) is 5.71. The Balaban J connectivity index is 2.29. The van der Waals surface area contributed by atoms with Crippen LogP contribution in [0.2, 0.25) is 0 Å². The number of rotatable bonds is 3. The summed E-state index contributed by atoms with van der Waals surface area (Å²) in [4.78, 5) is 0. The minimum atomic E-state index is 0.705. The minimum absolute atomic E-state index is 0.705. The normalized spacial score (nSPS) is 11.8. The van der Waals surface area contributed by atoms with E-state index < -0.39 is 0 Å². The summed E-state index contributed by atoms with van der Waals surface area (Å²) in [7, 11) is 0. The molecule has 1 aromatic heterocycles. The maximum atomic E-state index is 2.43. The third-order valence-corrected chi connectivity index (χ3v) is 3.80. The summed E-state index contributed by atoms with van der Waals surface area (Å²) >= 11 is 0. The van der Waals surface area contributed by atoms with Crippen LogP contribution in [0.4, 0.5) is 0 Å². The first-order valence-electron chi connectivity index (χ1n) is 7.20. The van der Waals surface area contributed by atoms with Crippen molar-refractivity contribution in [1.29, 1.82) is 0 Å². The second-order valence-electron chi connectivity index (χ2n) is 5.71. The Hall–Kier alpha value is -1.76. The van der Waals surface area contributed by atoms with Crippen molar-refractivity contribution >= 4 is 21.8 Å². The lowest BCUT2D eigenvalue weighted by atomic mass is 10.0. The van der Waals surface area contributed by atoms with E-state index in [-0.39, 0.29) is 0 Å². The molecule has 1 heteroatoms. The quantitative estimate of drug-likeness (QED) is 0.616. The van der Waals surface area contributed by atoms with Gasteiger partial charge in [0.25, 0.3) is 0 Å². The highest BCUT2D eigenvalue weighted by Crippen LogP contribution is 2.30. The van der Waals surface area contributed by atoms with Crippen LogP contribution in [0.1, 0.15) is 26.3 Å². The van der Waals surface area contributed by atoms with Crippen LogP contribution in [0.25, 0.3) is 21.8 Å². The van der Waals surface area contributed by atoms with Crippen LogP contribution < -0.4 is 0 Å². The van der Waals surface area contributed by atoms with E-state index in [0.29, 0.717) is 5.92 Å². The Morgan fingerprint density at radius 3 is 2.42 bits per heavy atom. The summed E-state index contributed by atoms with van der Waals surface area (Å²) in [5.74, 6) is 0.705. The highest BCUT2D eigenvalue weighted by molar-refractivity contribution is 6.08. The third kappa shape index (κ3) is 2.03. The maximum Gasteiger partial charge on any atom is 0.0494 e. The number of hydrogen-bond acceptors (Lipinski definition) is 0. The van der Waals surface area contributed by atoms with Gasteiger partial charge in [-0.3, -0.25) is 0 Å². The zero-order chi connectivity index (χ0) is 13.4. The molecule has 19 heavy (non-hydrogen) atoms. The SMILES string of the molecule is CCn1c2ccccc2c2ccc(CC(C)C)cc21. The van der Waals surface area contributed by atoms with Gasteiger partial charge in [-0.05, 0) is 37.0 Å². The molecule has 0 amide bonds. The maximum absolute atomic E-state index is 2.43. The third-order valence-electron chi connectivity index (χ3n) is 3.80. The van der Waals surface area contributed by atoms with Gasteiger partial charge in [0, 0.05) is 28.4 Å². The molecule has 0 fully saturated rings. The highest BCUT2D eigenvalue weighted by Gasteiger charge is 2.09. The van der Waals surface area contributed by atoms with Crippen molar-refractivity contribution in [2.45, 2.75) is 33.7 Å². The summed E-state index contributed by atoms with van der Waals surface area (Å²) in [6, 6.07) is 15.7. The Bertz CT molecular complexity index is 719. The smallest absolute Gasteiger partial charge is 0.0494 e. The van der Waals surface area contributed by atoms with Crippen LogP contribution >= 0.6 is 0 Å². The number of aryl methyl sites for hydroxylation is 1. The molecule has 0 N–H and O–H groups in total. The zero-order valence-corrected chi connectivity index (χ0v) is 12.0. The molecule has 0 radical (unpaired) electrons. The number of hydrogen-bond donors (Lipinski definition) is 0. The Morgan fingerprint density at radius 2 is 1.68 bits per heavy atom. The summed E-state index contributed by atoms with van der Waals surface area (Å²) in [6.07, 6.45) is 1.15. The molecule has 0 saturated carbocycles. The largest absolute Gasteiger partial charge is 0.341 e. The van der Waals surface area contributed by atoms with Gasteiger partial charge in [0.1, 0.15) is 0 Å². The number of fused-ring (bicyclic) bond motifs is 3. The van der Waals surface area contributed by atoms with Crippen molar-refractivity contribution in [3.8, 4) is 0 Å². The van der Waals surface area contributed by atoms with Crippen molar-refractivity contribution in [3.05, 3.63) is 48.0 Å². The molecular formula is C18H21N. The summed E-state index contributed by atoms with van der Waals surface area (Å²) < 4.78 is 2.43. The van der Waals surface area contributed by atoms with Crippen LogP contribution in [-0.4, -0.2) is 4.57 Å². The Morgan fingerprint density at radius 1 is 0.947 bits per heavy atom. The average molecular weight is 251 g/mol. The molecule has 1 heterocycles. The molecule has 1 nitrogen and oxygen atoms in total. The van der Waals surface area contributed by atoms with E-state index in [2.05, 4.69) is 67.8 Å². The van der Waals surface area contributed by atoms with Crippen LogP contribution in [0, 0.1) is 5.92 Å². The lowest BCUT2D eigenvalue weighted by Crippen LogP contribution is -1.96. The lowest BCUT2D eigenvalue weighted by molar-refractivity contribution is 0.647. The van der Waals surface area contributed by atoms with Gasteiger partial charge in [-0.25, -0.2) is 0 Å². The van der Waals surface area contributed by atoms with Gasteiger partial charge in [0.05, 0.1) is 0 Å². The van der Waals surface area contributed by atoms with Crippen LogP contribution in [-0.2, 0) is 13.0 Å². The van der Waals surface area contributed by atoms with E-state index in [4.69, 9.17) is 0 Å². The lowest BCUT2D eigenvalue weighted by Gasteiger charge is -2.07. The predicted octanol–water partition coefficient (Wildman–Crippen LogP) is 5.01. The molecule has 0 aliphatic carbocycles. The van der Waals surface area contributed by atoms with E-state index >= 15 is 0 Å². The average Bonchev–Trinajstić information content (AvgIpc) is 2.71. The summed E-state index contributed by atoms with van der Waals surface area (Å²) in [6.45, 7) is 7.80. The molecule has 0 unspecified atom stereocenters. The van der Waals surface area contributed by atoms with Crippen LogP contribution in [0.15, 0.2) is 42.5 Å². The number of para-hydroxylation sites is 1. The fraction of sp³-hybridized carbons (Fsp3) is 0.333. The van der Waals surface area contributed by atoms with Crippen molar-refractivity contribution in [2.75, 3.05) is 0 Å².